The van der Waals surface area contributed by atoms with Gasteiger partial charge in [0.05, 0.1) is 0 Å². The number of carbonyl (C=O) groups is 2. The van der Waals surface area contributed by atoms with Crippen molar-refractivity contribution >= 4 is 23.5 Å². The first-order valence-electron chi connectivity index (χ1n) is 8.26. The normalized spacial score (nSPS) is 13.3. The minimum absolute atomic E-state index is 0.01000. The van der Waals surface area contributed by atoms with Crippen LogP contribution < -0.4 is 15.4 Å². The number of aromatic nitrogens is 3. The Hall–Kier alpha value is -2.90. The van der Waals surface area contributed by atoms with Crippen LogP contribution in [0.3, 0.4) is 0 Å². The predicted molar refractivity (Wildman–Crippen MR) is 92.4 cm³/mol. The van der Waals surface area contributed by atoms with Crippen molar-refractivity contribution in [1.29, 1.82) is 0 Å². The molecule has 0 unspecified atom stereocenters. The first kappa shape index (κ1) is 16.9. The molecule has 1 aromatic heterocycles. The van der Waals surface area contributed by atoms with Gasteiger partial charge in [0, 0.05) is 24.6 Å². The van der Waals surface area contributed by atoms with E-state index in [4.69, 9.17) is 4.74 Å². The third-order valence-electron chi connectivity index (χ3n) is 3.73. The van der Waals surface area contributed by atoms with Crippen LogP contribution in [-0.4, -0.2) is 33.6 Å². The van der Waals surface area contributed by atoms with Crippen LogP contribution in [0.4, 0.5) is 11.6 Å². The van der Waals surface area contributed by atoms with Crippen LogP contribution in [0, 0.1) is 5.92 Å². The zero-order chi connectivity index (χ0) is 17.8. The third kappa shape index (κ3) is 4.56. The van der Waals surface area contributed by atoms with Crippen molar-refractivity contribution in [2.24, 2.45) is 5.92 Å². The Morgan fingerprint density at radius 3 is 3.00 bits per heavy atom. The van der Waals surface area contributed by atoms with Gasteiger partial charge in [0.15, 0.2) is 6.61 Å². The van der Waals surface area contributed by atoms with Crippen molar-refractivity contribution in [3.8, 4) is 5.75 Å². The number of aryl methyl sites for hydroxylation is 1. The van der Waals surface area contributed by atoms with Crippen molar-refractivity contribution in [3.63, 3.8) is 0 Å². The van der Waals surface area contributed by atoms with Gasteiger partial charge in [-0.05, 0) is 24.0 Å². The molecule has 1 aliphatic heterocycles. The summed E-state index contributed by atoms with van der Waals surface area (Å²) in [6, 6.07) is 5.42. The highest BCUT2D eigenvalue weighted by atomic mass is 16.5. The van der Waals surface area contributed by atoms with E-state index in [1.165, 1.54) is 0 Å². The molecule has 2 aromatic rings. The molecule has 0 saturated heterocycles. The van der Waals surface area contributed by atoms with Gasteiger partial charge in [-0.3, -0.25) is 20.0 Å². The van der Waals surface area contributed by atoms with Crippen LogP contribution in [0.5, 0.6) is 5.75 Å². The maximum absolute atomic E-state index is 12.0. The number of carbonyl (C=O) groups excluding carboxylic acids is 2. The number of fused-ring (bicyclic) bond motifs is 1. The summed E-state index contributed by atoms with van der Waals surface area (Å²) in [5.74, 6) is 1.58. The molecule has 0 spiro atoms. The molecule has 3 N–H and O–H groups in total. The van der Waals surface area contributed by atoms with Gasteiger partial charge in [0.1, 0.15) is 11.6 Å². The van der Waals surface area contributed by atoms with E-state index >= 15 is 0 Å². The number of nitrogens with zero attached hydrogens (tertiary/aromatic N) is 2. The first-order valence-corrected chi connectivity index (χ1v) is 8.26. The number of H-pyrrole nitrogens is 1. The molecule has 0 atom stereocenters. The highest BCUT2D eigenvalue weighted by molar-refractivity contribution is 5.94. The molecule has 1 aliphatic rings. The second-order valence-electron chi connectivity index (χ2n) is 6.41. The highest BCUT2D eigenvalue weighted by Crippen LogP contribution is 2.27. The SMILES string of the molecule is CC(C)Cc1nc(NC(=O)COc2ccc3c(c2)NC(=O)CC3)n[nH]1. The average molecular weight is 343 g/mol. The zero-order valence-corrected chi connectivity index (χ0v) is 14.3. The second-order valence-corrected chi connectivity index (χ2v) is 6.41. The van der Waals surface area contributed by atoms with Crippen molar-refractivity contribution in [2.45, 2.75) is 33.1 Å². The molecule has 0 aliphatic carbocycles. The van der Waals surface area contributed by atoms with Crippen molar-refractivity contribution < 1.29 is 14.3 Å². The van der Waals surface area contributed by atoms with Gasteiger partial charge in [-0.2, -0.15) is 4.98 Å². The number of amides is 2. The van der Waals surface area contributed by atoms with E-state index in [2.05, 4.69) is 39.7 Å². The first-order chi connectivity index (χ1) is 12.0. The fraction of sp³-hybridized carbons (Fsp3) is 0.412. The second kappa shape index (κ2) is 7.33. The summed E-state index contributed by atoms with van der Waals surface area (Å²) in [6.07, 6.45) is 1.97. The summed E-state index contributed by atoms with van der Waals surface area (Å²) in [5.41, 5.74) is 1.80. The van der Waals surface area contributed by atoms with Crippen molar-refractivity contribution in [3.05, 3.63) is 29.6 Å². The number of anilines is 2. The van der Waals surface area contributed by atoms with Crippen molar-refractivity contribution in [1.82, 2.24) is 15.2 Å². The summed E-state index contributed by atoms with van der Waals surface area (Å²) < 4.78 is 5.48. The Kier molecular flexibility index (Phi) is 4.97. The Bertz CT molecular complexity index is 784. The molecule has 132 valence electrons. The van der Waals surface area contributed by atoms with Gasteiger partial charge in [-0.15, -0.1) is 5.10 Å². The summed E-state index contributed by atoms with van der Waals surface area (Å²) in [4.78, 5) is 27.6. The molecule has 25 heavy (non-hydrogen) atoms. The number of hydrogen-bond donors (Lipinski definition) is 3. The molecular formula is C17H21N5O3. The molecule has 2 amide bonds. The summed E-state index contributed by atoms with van der Waals surface area (Å²) in [6.45, 7) is 3.99. The van der Waals surface area contributed by atoms with Crippen molar-refractivity contribution in [2.75, 3.05) is 17.2 Å². The van der Waals surface area contributed by atoms with E-state index in [0.717, 1.165) is 23.5 Å². The standard InChI is InChI=1S/C17H21N5O3/c1-10(2)7-14-19-17(22-21-14)20-16(24)9-25-12-5-3-11-4-6-15(23)18-13(11)8-12/h3,5,8,10H,4,6-7,9H2,1-2H3,(H,18,23)(H2,19,20,21,22,24). The van der Waals surface area contributed by atoms with Gasteiger partial charge < -0.3 is 10.1 Å². The largest absolute Gasteiger partial charge is 0.484 e. The predicted octanol–water partition coefficient (Wildman–Crippen LogP) is 1.91. The van der Waals surface area contributed by atoms with Gasteiger partial charge in [0.2, 0.25) is 11.9 Å². The van der Waals surface area contributed by atoms with E-state index in [0.29, 0.717) is 24.5 Å². The number of ether oxygens (including phenoxy) is 1. The van der Waals surface area contributed by atoms with E-state index in [1.54, 1.807) is 12.1 Å². The number of benzene rings is 1. The van der Waals surface area contributed by atoms with Crippen LogP contribution in [0.25, 0.3) is 0 Å². The molecular weight excluding hydrogens is 322 g/mol. The van der Waals surface area contributed by atoms with Crippen LogP contribution in [0.2, 0.25) is 0 Å². The topological polar surface area (TPSA) is 109 Å². The lowest BCUT2D eigenvalue weighted by Gasteiger charge is -2.17. The highest BCUT2D eigenvalue weighted by Gasteiger charge is 2.15. The molecule has 0 radical (unpaired) electrons. The smallest absolute Gasteiger partial charge is 0.264 e. The monoisotopic (exact) mass is 343 g/mol. The maximum Gasteiger partial charge on any atom is 0.264 e. The Balaban J connectivity index is 1.53. The maximum atomic E-state index is 12.0. The van der Waals surface area contributed by atoms with Crippen LogP contribution in [-0.2, 0) is 22.4 Å². The number of rotatable bonds is 6. The molecule has 0 bridgehead atoms. The molecule has 3 rings (SSSR count). The molecule has 1 aromatic carbocycles. The zero-order valence-electron chi connectivity index (χ0n) is 14.3. The number of nitrogens with one attached hydrogen (secondary N) is 3. The summed E-state index contributed by atoms with van der Waals surface area (Å²) in [5, 5.41) is 12.1. The average Bonchev–Trinajstić information content (AvgIpc) is 2.98. The minimum Gasteiger partial charge on any atom is -0.484 e. The van der Waals surface area contributed by atoms with Gasteiger partial charge in [-0.1, -0.05) is 19.9 Å². The van der Waals surface area contributed by atoms with Gasteiger partial charge in [0.25, 0.3) is 5.91 Å². The number of hydrogen-bond acceptors (Lipinski definition) is 5. The lowest BCUT2D eigenvalue weighted by atomic mass is 10.0. The summed E-state index contributed by atoms with van der Waals surface area (Å²) in [7, 11) is 0. The lowest BCUT2D eigenvalue weighted by Crippen LogP contribution is -2.21. The Labute approximate surface area is 145 Å². The fourth-order valence-corrected chi connectivity index (χ4v) is 2.58. The van der Waals surface area contributed by atoms with E-state index in [1.807, 2.05) is 6.07 Å². The molecule has 8 nitrogen and oxygen atoms in total. The van der Waals surface area contributed by atoms with Gasteiger partial charge in [-0.25, -0.2) is 0 Å². The molecule has 0 saturated carbocycles. The molecule has 8 heteroatoms. The van der Waals surface area contributed by atoms with E-state index in [-0.39, 0.29) is 24.4 Å². The molecule has 0 fully saturated rings. The lowest BCUT2D eigenvalue weighted by molar-refractivity contribution is -0.118. The quantitative estimate of drug-likeness (QED) is 0.742. The van der Waals surface area contributed by atoms with E-state index in [9.17, 15) is 9.59 Å². The summed E-state index contributed by atoms with van der Waals surface area (Å²) >= 11 is 0. The van der Waals surface area contributed by atoms with Crippen LogP contribution in [0.1, 0.15) is 31.7 Å². The van der Waals surface area contributed by atoms with Crippen LogP contribution in [0.15, 0.2) is 18.2 Å². The minimum atomic E-state index is -0.350. The molecule has 2 heterocycles. The Morgan fingerprint density at radius 2 is 2.20 bits per heavy atom. The van der Waals surface area contributed by atoms with Gasteiger partial charge >= 0.3 is 0 Å². The van der Waals surface area contributed by atoms with Crippen LogP contribution >= 0.6 is 0 Å². The third-order valence-corrected chi connectivity index (χ3v) is 3.73. The fourth-order valence-electron chi connectivity index (χ4n) is 2.58. The number of aromatic amines is 1. The Morgan fingerprint density at radius 1 is 1.36 bits per heavy atom. The van der Waals surface area contributed by atoms with E-state index < -0.39 is 0 Å².